The van der Waals surface area contributed by atoms with Crippen molar-refractivity contribution in [2.45, 2.75) is 44.1 Å². The maximum absolute atomic E-state index is 12.2. The number of aromatic nitrogens is 2. The van der Waals surface area contributed by atoms with Crippen LogP contribution in [-0.4, -0.2) is 48.7 Å². The number of ether oxygens (including phenoxy) is 1. The van der Waals surface area contributed by atoms with Gasteiger partial charge in [0.05, 0.1) is 29.8 Å². The van der Waals surface area contributed by atoms with Crippen molar-refractivity contribution in [1.29, 1.82) is 0 Å². The van der Waals surface area contributed by atoms with Gasteiger partial charge in [0.1, 0.15) is 5.65 Å². The molecule has 8 heteroatoms. The van der Waals surface area contributed by atoms with Gasteiger partial charge in [0.2, 0.25) is 5.91 Å². The summed E-state index contributed by atoms with van der Waals surface area (Å²) in [7, 11) is 1.60. The minimum atomic E-state index is -0.0501. The summed E-state index contributed by atoms with van der Waals surface area (Å²) in [5.74, 6) is 0.526. The molecular formula is C19H28ClN5O2. The van der Waals surface area contributed by atoms with Crippen LogP contribution in [0.1, 0.15) is 43.6 Å². The zero-order valence-corrected chi connectivity index (χ0v) is 16.5. The number of amides is 1. The lowest BCUT2D eigenvalue weighted by Crippen LogP contribution is -2.43. The van der Waals surface area contributed by atoms with E-state index in [1.165, 1.54) is 24.1 Å². The molecule has 2 aromatic rings. The number of piperidine rings is 1. The summed E-state index contributed by atoms with van der Waals surface area (Å²) in [4.78, 5) is 22.4. The van der Waals surface area contributed by atoms with E-state index in [1.54, 1.807) is 7.11 Å². The Morgan fingerprint density at radius 3 is 2.96 bits per heavy atom. The molecule has 27 heavy (non-hydrogen) atoms. The molecule has 2 aliphatic rings. The van der Waals surface area contributed by atoms with Crippen molar-refractivity contribution in [3.05, 3.63) is 18.0 Å². The molecule has 2 fully saturated rings. The molecule has 1 saturated carbocycles. The Morgan fingerprint density at radius 1 is 1.44 bits per heavy atom. The van der Waals surface area contributed by atoms with Crippen LogP contribution in [-0.2, 0) is 9.53 Å². The second-order valence-corrected chi connectivity index (χ2v) is 7.40. The molecule has 0 unspecified atom stereocenters. The molecular weight excluding hydrogens is 366 g/mol. The Hall–Kier alpha value is -1.83. The van der Waals surface area contributed by atoms with E-state index in [9.17, 15) is 4.79 Å². The SMILES string of the molecule is COCCC(=O)Nc1c[nH]c2ncc(C3CC3)c(N3CCC[C@@H](N)C3)c12.Cl. The Balaban J connectivity index is 0.00000210. The number of carbonyl (C=O) groups is 1. The van der Waals surface area contributed by atoms with Gasteiger partial charge < -0.3 is 25.7 Å². The first kappa shape index (κ1) is 19.9. The molecule has 4 rings (SSSR count). The quantitative estimate of drug-likeness (QED) is 0.701. The van der Waals surface area contributed by atoms with E-state index in [1.807, 2.05) is 12.4 Å². The summed E-state index contributed by atoms with van der Waals surface area (Å²) in [6.07, 6.45) is 8.75. The Labute approximate surface area is 165 Å². The molecule has 1 aliphatic heterocycles. The number of anilines is 2. The van der Waals surface area contributed by atoms with Crippen molar-refractivity contribution in [3.8, 4) is 0 Å². The first-order valence-electron chi connectivity index (χ1n) is 9.46. The lowest BCUT2D eigenvalue weighted by molar-refractivity contribution is -0.117. The molecule has 148 valence electrons. The molecule has 4 N–H and O–H groups in total. The van der Waals surface area contributed by atoms with Crippen molar-refractivity contribution in [2.24, 2.45) is 5.73 Å². The highest BCUT2D eigenvalue weighted by Crippen LogP contribution is 2.48. The van der Waals surface area contributed by atoms with Gasteiger partial charge in [0.15, 0.2) is 0 Å². The predicted molar refractivity (Wildman–Crippen MR) is 110 cm³/mol. The highest BCUT2D eigenvalue weighted by atomic mass is 35.5. The van der Waals surface area contributed by atoms with Crippen LogP contribution in [0.2, 0.25) is 0 Å². The van der Waals surface area contributed by atoms with Crippen molar-refractivity contribution >= 4 is 40.7 Å². The fourth-order valence-electron chi connectivity index (χ4n) is 3.85. The third-order valence-electron chi connectivity index (χ3n) is 5.30. The molecule has 0 radical (unpaired) electrons. The maximum Gasteiger partial charge on any atom is 0.226 e. The highest BCUT2D eigenvalue weighted by Gasteiger charge is 2.32. The number of halogens is 1. The summed E-state index contributed by atoms with van der Waals surface area (Å²) >= 11 is 0. The smallest absolute Gasteiger partial charge is 0.226 e. The van der Waals surface area contributed by atoms with E-state index < -0.39 is 0 Å². The van der Waals surface area contributed by atoms with Crippen LogP contribution >= 0.6 is 12.4 Å². The molecule has 7 nitrogen and oxygen atoms in total. The van der Waals surface area contributed by atoms with E-state index in [0.29, 0.717) is 18.9 Å². The number of hydrogen-bond acceptors (Lipinski definition) is 5. The first-order valence-corrected chi connectivity index (χ1v) is 9.46. The Kier molecular flexibility index (Phi) is 6.24. The number of nitrogens with two attached hydrogens (primary N) is 1. The van der Waals surface area contributed by atoms with Crippen LogP contribution in [0.15, 0.2) is 12.4 Å². The monoisotopic (exact) mass is 393 g/mol. The van der Waals surface area contributed by atoms with Gasteiger partial charge in [-0.05, 0) is 37.2 Å². The molecule has 3 heterocycles. The summed E-state index contributed by atoms with van der Waals surface area (Å²) in [6, 6.07) is 0.192. The largest absolute Gasteiger partial charge is 0.384 e. The van der Waals surface area contributed by atoms with Gasteiger partial charge in [0, 0.05) is 38.6 Å². The topological polar surface area (TPSA) is 96.3 Å². The van der Waals surface area contributed by atoms with Crippen LogP contribution in [0.5, 0.6) is 0 Å². The fraction of sp³-hybridized carbons (Fsp3) is 0.579. The number of hydrogen-bond donors (Lipinski definition) is 3. The number of pyridine rings is 1. The molecule has 1 saturated heterocycles. The number of fused-ring (bicyclic) bond motifs is 1. The number of rotatable bonds is 6. The van der Waals surface area contributed by atoms with Crippen molar-refractivity contribution in [1.82, 2.24) is 9.97 Å². The Bertz CT molecular complexity index is 805. The van der Waals surface area contributed by atoms with Gasteiger partial charge in [-0.25, -0.2) is 4.98 Å². The lowest BCUT2D eigenvalue weighted by Gasteiger charge is -2.34. The van der Waals surface area contributed by atoms with Crippen LogP contribution in [0.25, 0.3) is 11.0 Å². The number of nitrogens with one attached hydrogen (secondary N) is 2. The van der Waals surface area contributed by atoms with E-state index >= 15 is 0 Å². The third-order valence-corrected chi connectivity index (χ3v) is 5.30. The van der Waals surface area contributed by atoms with Gasteiger partial charge >= 0.3 is 0 Å². The lowest BCUT2D eigenvalue weighted by atomic mass is 10.0. The zero-order valence-electron chi connectivity index (χ0n) is 15.7. The second-order valence-electron chi connectivity index (χ2n) is 7.40. The Morgan fingerprint density at radius 2 is 2.26 bits per heavy atom. The number of H-pyrrole nitrogens is 1. The molecule has 1 amide bonds. The zero-order chi connectivity index (χ0) is 18.1. The molecule has 2 aromatic heterocycles. The molecule has 0 spiro atoms. The van der Waals surface area contributed by atoms with Crippen molar-refractivity contribution in [2.75, 3.05) is 37.0 Å². The minimum absolute atomic E-state index is 0. The molecule has 0 aromatic carbocycles. The van der Waals surface area contributed by atoms with Crippen LogP contribution in [0.4, 0.5) is 11.4 Å². The predicted octanol–water partition coefficient (Wildman–Crippen LogP) is 2.76. The van der Waals surface area contributed by atoms with E-state index in [0.717, 1.165) is 42.7 Å². The third kappa shape index (κ3) is 4.20. The number of aromatic amines is 1. The van der Waals surface area contributed by atoms with Gasteiger partial charge in [-0.15, -0.1) is 12.4 Å². The average molecular weight is 394 g/mol. The van der Waals surface area contributed by atoms with Crippen LogP contribution in [0.3, 0.4) is 0 Å². The van der Waals surface area contributed by atoms with Crippen molar-refractivity contribution in [3.63, 3.8) is 0 Å². The maximum atomic E-state index is 12.2. The van der Waals surface area contributed by atoms with Gasteiger partial charge in [-0.2, -0.15) is 0 Å². The molecule has 1 atom stereocenters. The number of methoxy groups -OCH3 is 1. The summed E-state index contributed by atoms with van der Waals surface area (Å²) < 4.78 is 5.01. The highest BCUT2D eigenvalue weighted by molar-refractivity contribution is 6.07. The van der Waals surface area contributed by atoms with Crippen LogP contribution < -0.4 is 16.0 Å². The molecule has 0 bridgehead atoms. The van der Waals surface area contributed by atoms with E-state index in [4.69, 9.17) is 10.5 Å². The summed E-state index contributed by atoms with van der Waals surface area (Å²) in [6.45, 7) is 2.25. The fourth-order valence-corrected chi connectivity index (χ4v) is 3.85. The van der Waals surface area contributed by atoms with Gasteiger partial charge in [-0.3, -0.25) is 4.79 Å². The first-order chi connectivity index (χ1) is 12.7. The molecule has 1 aliphatic carbocycles. The summed E-state index contributed by atoms with van der Waals surface area (Å²) in [5.41, 5.74) is 10.4. The van der Waals surface area contributed by atoms with Crippen molar-refractivity contribution < 1.29 is 9.53 Å². The number of carbonyl (C=O) groups excluding carboxylic acids is 1. The average Bonchev–Trinajstić information content (AvgIpc) is 3.41. The van der Waals surface area contributed by atoms with E-state index in [2.05, 4.69) is 20.2 Å². The minimum Gasteiger partial charge on any atom is -0.384 e. The normalized spacial score (nSPS) is 19.8. The number of nitrogens with zero attached hydrogens (tertiary/aromatic N) is 2. The van der Waals surface area contributed by atoms with E-state index in [-0.39, 0.29) is 24.4 Å². The van der Waals surface area contributed by atoms with Gasteiger partial charge in [0.25, 0.3) is 0 Å². The van der Waals surface area contributed by atoms with Gasteiger partial charge in [-0.1, -0.05) is 0 Å². The summed E-state index contributed by atoms with van der Waals surface area (Å²) in [5, 5.41) is 4.04. The standard InChI is InChI=1S/C19H27N5O2.ClH/c1-26-8-6-16(25)23-15-10-22-19-17(15)18(14(9-21-19)12-4-5-12)24-7-2-3-13(20)11-24;/h9-10,12-13H,2-8,11,20H2,1H3,(H,21,22)(H,23,25);1H/t13-;/m1./s1. The van der Waals surface area contributed by atoms with Crippen LogP contribution in [0, 0.1) is 0 Å². The second kappa shape index (κ2) is 8.46.